The fourth-order valence-electron chi connectivity index (χ4n) is 2.04. The molecule has 1 aromatic carbocycles. The first kappa shape index (κ1) is 17.9. The monoisotopic (exact) mass is 305 g/mol. The van der Waals surface area contributed by atoms with Crippen LogP contribution < -0.4 is 0 Å². The van der Waals surface area contributed by atoms with Crippen molar-refractivity contribution in [1.82, 2.24) is 4.90 Å². The molecule has 0 saturated carbocycles. The van der Waals surface area contributed by atoms with E-state index in [1.807, 2.05) is 37.3 Å². The van der Waals surface area contributed by atoms with E-state index in [1.165, 1.54) is 4.90 Å². The Hall–Kier alpha value is -1.11. The Morgan fingerprint density at radius 3 is 2.48 bits per heavy atom. The van der Waals surface area contributed by atoms with Crippen LogP contribution in [0, 0.1) is 0 Å². The minimum atomic E-state index is -4.25. The van der Waals surface area contributed by atoms with Gasteiger partial charge < -0.3 is 9.84 Å². The first-order valence-corrected chi connectivity index (χ1v) is 6.99. The highest BCUT2D eigenvalue weighted by Crippen LogP contribution is 2.16. The van der Waals surface area contributed by atoms with E-state index in [4.69, 9.17) is 4.74 Å². The molecule has 0 aromatic heterocycles. The number of nitrogens with zero attached hydrogens (tertiary/aromatic N) is 1. The summed E-state index contributed by atoms with van der Waals surface area (Å²) in [4.78, 5) is 1.20. The van der Waals surface area contributed by atoms with Gasteiger partial charge >= 0.3 is 6.18 Å². The van der Waals surface area contributed by atoms with E-state index in [1.54, 1.807) is 0 Å². The normalized spacial score (nSPS) is 13.6. The van der Waals surface area contributed by atoms with Crippen molar-refractivity contribution in [3.63, 3.8) is 0 Å². The lowest BCUT2D eigenvalue weighted by atomic mass is 10.2. The molecule has 0 fully saturated rings. The molecule has 1 aromatic rings. The van der Waals surface area contributed by atoms with E-state index < -0.39 is 18.8 Å². The average Bonchev–Trinajstić information content (AvgIpc) is 2.38. The summed E-state index contributed by atoms with van der Waals surface area (Å²) >= 11 is 0. The van der Waals surface area contributed by atoms with Crippen LogP contribution in [0.15, 0.2) is 30.3 Å². The van der Waals surface area contributed by atoms with Gasteiger partial charge in [0.15, 0.2) is 0 Å². The van der Waals surface area contributed by atoms with E-state index in [2.05, 4.69) is 0 Å². The lowest BCUT2D eigenvalue weighted by molar-refractivity contribution is -0.149. The number of alkyl halides is 3. The van der Waals surface area contributed by atoms with Crippen molar-refractivity contribution in [3.05, 3.63) is 35.9 Å². The molecule has 1 rings (SSSR count). The lowest BCUT2D eigenvalue weighted by Crippen LogP contribution is -2.41. The van der Waals surface area contributed by atoms with Crippen LogP contribution in [0.5, 0.6) is 0 Å². The van der Waals surface area contributed by atoms with Crippen LogP contribution in [0.1, 0.15) is 18.9 Å². The number of hydrogen-bond acceptors (Lipinski definition) is 3. The highest BCUT2D eigenvalue weighted by atomic mass is 19.4. The molecule has 0 radical (unpaired) electrons. The predicted molar refractivity (Wildman–Crippen MR) is 74.9 cm³/mol. The molecule has 0 aliphatic heterocycles. The van der Waals surface area contributed by atoms with Gasteiger partial charge in [-0.25, -0.2) is 0 Å². The van der Waals surface area contributed by atoms with Gasteiger partial charge in [0, 0.05) is 6.54 Å². The van der Waals surface area contributed by atoms with Crippen LogP contribution in [0.3, 0.4) is 0 Å². The molecule has 0 aliphatic carbocycles. The quantitative estimate of drug-likeness (QED) is 0.761. The number of benzene rings is 1. The van der Waals surface area contributed by atoms with E-state index in [0.717, 1.165) is 5.56 Å². The molecule has 21 heavy (non-hydrogen) atoms. The Balaban J connectivity index is 2.31. The fourth-order valence-corrected chi connectivity index (χ4v) is 2.04. The molecule has 0 aliphatic rings. The van der Waals surface area contributed by atoms with Crippen LogP contribution >= 0.6 is 0 Å². The summed E-state index contributed by atoms with van der Waals surface area (Å²) in [6.07, 6.45) is -4.57. The van der Waals surface area contributed by atoms with E-state index in [9.17, 15) is 18.3 Å². The van der Waals surface area contributed by atoms with Crippen molar-refractivity contribution in [1.29, 1.82) is 0 Å². The van der Waals surface area contributed by atoms with Gasteiger partial charge in [0.1, 0.15) is 0 Å². The third-order valence-corrected chi connectivity index (χ3v) is 2.83. The van der Waals surface area contributed by atoms with Gasteiger partial charge in [-0.3, -0.25) is 4.90 Å². The average molecular weight is 305 g/mol. The van der Waals surface area contributed by atoms with Crippen LogP contribution in [0.2, 0.25) is 0 Å². The zero-order chi connectivity index (χ0) is 15.7. The van der Waals surface area contributed by atoms with Crippen LogP contribution in [-0.2, 0) is 11.3 Å². The third-order valence-electron chi connectivity index (χ3n) is 2.83. The maximum Gasteiger partial charge on any atom is 0.401 e. The van der Waals surface area contributed by atoms with Gasteiger partial charge in [-0.2, -0.15) is 13.2 Å². The molecule has 3 nitrogen and oxygen atoms in total. The van der Waals surface area contributed by atoms with E-state index in [-0.39, 0.29) is 13.2 Å². The molecule has 0 saturated heterocycles. The van der Waals surface area contributed by atoms with Crippen molar-refractivity contribution in [2.45, 2.75) is 32.2 Å². The van der Waals surface area contributed by atoms with Gasteiger partial charge in [-0.1, -0.05) is 37.3 Å². The van der Waals surface area contributed by atoms with Crippen molar-refractivity contribution >= 4 is 0 Å². The van der Waals surface area contributed by atoms with Crippen LogP contribution in [0.4, 0.5) is 13.2 Å². The standard InChI is InChI=1S/C15H22F3NO2/c1-2-8-19(12-15(16,17)18)9-14(20)11-21-10-13-6-4-3-5-7-13/h3-7,14,20H,2,8-12H2,1H3. The summed E-state index contributed by atoms with van der Waals surface area (Å²) in [6.45, 7) is 1.42. The first-order valence-electron chi connectivity index (χ1n) is 6.99. The van der Waals surface area contributed by atoms with Crippen LogP contribution in [-0.4, -0.2) is 48.5 Å². The number of halogens is 3. The highest BCUT2D eigenvalue weighted by Gasteiger charge is 2.31. The summed E-state index contributed by atoms with van der Waals surface area (Å²) in [7, 11) is 0. The summed E-state index contributed by atoms with van der Waals surface area (Å²) < 4.78 is 42.5. The Kier molecular flexibility index (Phi) is 7.71. The molecule has 6 heteroatoms. The van der Waals surface area contributed by atoms with E-state index in [0.29, 0.717) is 19.6 Å². The predicted octanol–water partition coefficient (Wildman–Crippen LogP) is 2.84. The van der Waals surface area contributed by atoms with Gasteiger partial charge in [-0.05, 0) is 18.5 Å². The largest absolute Gasteiger partial charge is 0.401 e. The van der Waals surface area contributed by atoms with Crippen molar-refractivity contribution < 1.29 is 23.0 Å². The summed E-state index contributed by atoms with van der Waals surface area (Å²) in [5, 5.41) is 9.79. The number of rotatable bonds is 9. The minimum Gasteiger partial charge on any atom is -0.389 e. The Labute approximate surface area is 123 Å². The summed E-state index contributed by atoms with van der Waals surface area (Å²) in [6, 6.07) is 9.42. The van der Waals surface area contributed by atoms with Gasteiger partial charge in [-0.15, -0.1) is 0 Å². The maximum atomic E-state index is 12.4. The maximum absolute atomic E-state index is 12.4. The molecule has 0 bridgehead atoms. The molecule has 1 unspecified atom stereocenters. The Morgan fingerprint density at radius 1 is 1.24 bits per heavy atom. The van der Waals surface area contributed by atoms with E-state index >= 15 is 0 Å². The molecule has 0 spiro atoms. The second-order valence-electron chi connectivity index (χ2n) is 5.00. The third kappa shape index (κ3) is 8.70. The highest BCUT2D eigenvalue weighted by molar-refractivity contribution is 5.13. The topological polar surface area (TPSA) is 32.7 Å². The fraction of sp³-hybridized carbons (Fsp3) is 0.600. The molecule has 120 valence electrons. The second-order valence-corrected chi connectivity index (χ2v) is 5.00. The first-order chi connectivity index (χ1) is 9.90. The summed E-state index contributed by atoms with van der Waals surface area (Å²) in [5.74, 6) is 0. The zero-order valence-corrected chi connectivity index (χ0v) is 12.1. The van der Waals surface area contributed by atoms with Gasteiger partial charge in [0.25, 0.3) is 0 Å². The number of aliphatic hydroxyl groups is 1. The smallest absolute Gasteiger partial charge is 0.389 e. The number of hydrogen-bond donors (Lipinski definition) is 1. The van der Waals surface area contributed by atoms with Crippen molar-refractivity contribution in [2.75, 3.05) is 26.2 Å². The molecule has 1 N–H and O–H groups in total. The Bertz CT molecular complexity index is 384. The lowest BCUT2D eigenvalue weighted by Gasteiger charge is -2.25. The minimum absolute atomic E-state index is 0.0208. The Morgan fingerprint density at radius 2 is 1.90 bits per heavy atom. The molecular formula is C15H22F3NO2. The van der Waals surface area contributed by atoms with Gasteiger partial charge in [0.2, 0.25) is 0 Å². The summed E-state index contributed by atoms with van der Waals surface area (Å²) in [5.41, 5.74) is 0.963. The molecular weight excluding hydrogens is 283 g/mol. The van der Waals surface area contributed by atoms with Gasteiger partial charge in [0.05, 0.1) is 25.9 Å². The number of ether oxygens (including phenoxy) is 1. The van der Waals surface area contributed by atoms with Crippen molar-refractivity contribution in [2.24, 2.45) is 0 Å². The molecule has 0 heterocycles. The molecule has 1 atom stereocenters. The SMILES string of the molecule is CCCN(CC(O)COCc1ccccc1)CC(F)(F)F. The molecule has 0 amide bonds. The van der Waals surface area contributed by atoms with Crippen LogP contribution in [0.25, 0.3) is 0 Å². The zero-order valence-electron chi connectivity index (χ0n) is 12.1. The number of aliphatic hydroxyl groups excluding tert-OH is 1. The second kappa shape index (κ2) is 9.02. The van der Waals surface area contributed by atoms with Crippen molar-refractivity contribution in [3.8, 4) is 0 Å².